The molecule has 6 heteroatoms. The summed E-state index contributed by atoms with van der Waals surface area (Å²) < 4.78 is 37.6. The topological polar surface area (TPSA) is 37.0 Å². The van der Waals surface area contributed by atoms with Crippen molar-refractivity contribution >= 4 is 5.82 Å². The minimum Gasteiger partial charge on any atom is -0.367 e. The van der Waals surface area contributed by atoms with E-state index in [1.165, 1.54) is 6.07 Å². The minimum atomic E-state index is -4.39. The van der Waals surface area contributed by atoms with E-state index in [0.29, 0.717) is 11.9 Å². The summed E-state index contributed by atoms with van der Waals surface area (Å²) in [5, 5.41) is 6.32. The standard InChI is InChI=1S/C13H18F3N3/c1-17-9-5-7-10(8-6-9)18-12-4-2-3-11(19-12)13(14,15)16/h2-4,9-10,17H,5-8H2,1H3,(H,18,19). The van der Waals surface area contributed by atoms with Crippen LogP contribution in [-0.2, 0) is 6.18 Å². The van der Waals surface area contributed by atoms with E-state index in [0.717, 1.165) is 31.7 Å². The van der Waals surface area contributed by atoms with Gasteiger partial charge in [-0.2, -0.15) is 13.2 Å². The fraction of sp³-hybridized carbons (Fsp3) is 0.615. The second-order valence-electron chi connectivity index (χ2n) is 4.89. The average molecular weight is 273 g/mol. The smallest absolute Gasteiger partial charge is 0.367 e. The summed E-state index contributed by atoms with van der Waals surface area (Å²) >= 11 is 0. The minimum absolute atomic E-state index is 0.209. The molecule has 3 nitrogen and oxygen atoms in total. The normalized spacial score (nSPS) is 24.2. The Labute approximate surface area is 110 Å². The van der Waals surface area contributed by atoms with Crippen LogP contribution in [0.4, 0.5) is 19.0 Å². The number of nitrogens with one attached hydrogen (secondary N) is 2. The molecule has 0 bridgehead atoms. The molecule has 1 aromatic rings. The molecule has 0 atom stereocenters. The van der Waals surface area contributed by atoms with Crippen molar-refractivity contribution in [1.29, 1.82) is 0 Å². The summed E-state index contributed by atoms with van der Waals surface area (Å²) in [6.07, 6.45) is -0.422. The molecule has 1 fully saturated rings. The number of rotatable bonds is 3. The van der Waals surface area contributed by atoms with Gasteiger partial charge in [0.05, 0.1) is 0 Å². The molecule has 2 rings (SSSR count). The third-order valence-electron chi connectivity index (χ3n) is 3.53. The lowest BCUT2D eigenvalue weighted by Gasteiger charge is -2.29. The first-order valence-electron chi connectivity index (χ1n) is 6.47. The van der Waals surface area contributed by atoms with Crippen molar-refractivity contribution < 1.29 is 13.2 Å². The van der Waals surface area contributed by atoms with E-state index < -0.39 is 11.9 Å². The fourth-order valence-corrected chi connectivity index (χ4v) is 2.41. The zero-order chi connectivity index (χ0) is 13.9. The summed E-state index contributed by atoms with van der Waals surface area (Å²) in [7, 11) is 1.94. The van der Waals surface area contributed by atoms with Gasteiger partial charge >= 0.3 is 6.18 Å². The fourth-order valence-electron chi connectivity index (χ4n) is 2.41. The lowest BCUT2D eigenvalue weighted by atomic mass is 9.91. The zero-order valence-corrected chi connectivity index (χ0v) is 10.8. The van der Waals surface area contributed by atoms with Crippen molar-refractivity contribution in [3.05, 3.63) is 23.9 Å². The predicted molar refractivity (Wildman–Crippen MR) is 68.0 cm³/mol. The number of aromatic nitrogens is 1. The highest BCUT2D eigenvalue weighted by molar-refractivity contribution is 5.37. The van der Waals surface area contributed by atoms with E-state index in [1.807, 2.05) is 7.05 Å². The lowest BCUT2D eigenvalue weighted by Crippen LogP contribution is -2.35. The van der Waals surface area contributed by atoms with Gasteiger partial charge in [-0.3, -0.25) is 0 Å². The Morgan fingerprint density at radius 3 is 2.32 bits per heavy atom. The molecule has 0 aromatic carbocycles. The molecule has 19 heavy (non-hydrogen) atoms. The summed E-state index contributed by atoms with van der Waals surface area (Å²) in [6.45, 7) is 0. The summed E-state index contributed by atoms with van der Waals surface area (Å²) in [5.41, 5.74) is -0.846. The van der Waals surface area contributed by atoms with Gasteiger partial charge in [0.1, 0.15) is 11.5 Å². The van der Waals surface area contributed by atoms with Gasteiger partial charge < -0.3 is 10.6 Å². The van der Waals surface area contributed by atoms with Crippen LogP contribution in [0.3, 0.4) is 0 Å². The van der Waals surface area contributed by atoms with Crippen LogP contribution in [0.1, 0.15) is 31.4 Å². The first kappa shape index (κ1) is 14.1. The van der Waals surface area contributed by atoms with E-state index in [1.54, 1.807) is 6.07 Å². The number of nitrogens with zero attached hydrogens (tertiary/aromatic N) is 1. The van der Waals surface area contributed by atoms with E-state index in [2.05, 4.69) is 15.6 Å². The molecular formula is C13H18F3N3. The van der Waals surface area contributed by atoms with Gasteiger partial charge in [0.15, 0.2) is 0 Å². The molecular weight excluding hydrogens is 255 g/mol. The molecule has 2 N–H and O–H groups in total. The maximum absolute atomic E-state index is 12.5. The Morgan fingerprint density at radius 2 is 1.74 bits per heavy atom. The van der Waals surface area contributed by atoms with Crippen molar-refractivity contribution in [2.75, 3.05) is 12.4 Å². The first-order valence-corrected chi connectivity index (χ1v) is 6.47. The molecule has 1 aromatic heterocycles. The summed E-state index contributed by atoms with van der Waals surface area (Å²) in [6, 6.07) is 4.69. The number of anilines is 1. The number of hydrogen-bond donors (Lipinski definition) is 2. The highest BCUT2D eigenvalue weighted by Crippen LogP contribution is 2.29. The Kier molecular flexibility index (Phi) is 4.29. The zero-order valence-electron chi connectivity index (χ0n) is 10.8. The third kappa shape index (κ3) is 3.83. The van der Waals surface area contributed by atoms with Crippen LogP contribution in [0.15, 0.2) is 18.2 Å². The Balaban J connectivity index is 1.97. The molecule has 1 aliphatic carbocycles. The molecule has 0 unspecified atom stereocenters. The predicted octanol–water partition coefficient (Wildman–Crippen LogP) is 3.04. The van der Waals surface area contributed by atoms with Gasteiger partial charge in [-0.1, -0.05) is 6.07 Å². The quantitative estimate of drug-likeness (QED) is 0.888. The van der Waals surface area contributed by atoms with Crippen molar-refractivity contribution in [3.8, 4) is 0 Å². The van der Waals surface area contributed by atoms with Crippen LogP contribution < -0.4 is 10.6 Å². The van der Waals surface area contributed by atoms with Gasteiger partial charge in [-0.25, -0.2) is 4.98 Å². The number of hydrogen-bond acceptors (Lipinski definition) is 3. The Hall–Kier alpha value is -1.30. The number of alkyl halides is 3. The van der Waals surface area contributed by atoms with Crippen LogP contribution >= 0.6 is 0 Å². The maximum Gasteiger partial charge on any atom is 0.433 e. The molecule has 1 saturated carbocycles. The second-order valence-corrected chi connectivity index (χ2v) is 4.89. The van der Waals surface area contributed by atoms with Gasteiger partial charge in [-0.15, -0.1) is 0 Å². The number of pyridine rings is 1. The molecule has 106 valence electrons. The van der Waals surface area contributed by atoms with Crippen LogP contribution in [0, 0.1) is 0 Å². The second kappa shape index (κ2) is 5.77. The molecule has 0 saturated heterocycles. The largest absolute Gasteiger partial charge is 0.433 e. The Bertz CT molecular complexity index is 412. The maximum atomic E-state index is 12.5. The highest BCUT2D eigenvalue weighted by Gasteiger charge is 2.32. The van der Waals surface area contributed by atoms with E-state index >= 15 is 0 Å². The van der Waals surface area contributed by atoms with E-state index in [4.69, 9.17) is 0 Å². The van der Waals surface area contributed by atoms with Crippen molar-refractivity contribution in [1.82, 2.24) is 10.3 Å². The van der Waals surface area contributed by atoms with Gasteiger partial charge in [-0.05, 0) is 44.9 Å². The van der Waals surface area contributed by atoms with E-state index in [9.17, 15) is 13.2 Å². The molecule has 1 heterocycles. The van der Waals surface area contributed by atoms with Crippen LogP contribution in [0.5, 0.6) is 0 Å². The number of halogens is 3. The highest BCUT2D eigenvalue weighted by atomic mass is 19.4. The first-order chi connectivity index (χ1) is 8.99. The van der Waals surface area contributed by atoms with Crippen LogP contribution in [0.25, 0.3) is 0 Å². The molecule has 0 aliphatic heterocycles. The van der Waals surface area contributed by atoms with Gasteiger partial charge in [0.25, 0.3) is 0 Å². The molecule has 0 radical (unpaired) electrons. The lowest BCUT2D eigenvalue weighted by molar-refractivity contribution is -0.141. The van der Waals surface area contributed by atoms with Crippen LogP contribution in [-0.4, -0.2) is 24.1 Å². The van der Waals surface area contributed by atoms with Gasteiger partial charge in [0.2, 0.25) is 0 Å². The van der Waals surface area contributed by atoms with E-state index in [-0.39, 0.29) is 6.04 Å². The van der Waals surface area contributed by atoms with Crippen molar-refractivity contribution in [2.45, 2.75) is 43.9 Å². The Morgan fingerprint density at radius 1 is 1.11 bits per heavy atom. The van der Waals surface area contributed by atoms with Crippen molar-refractivity contribution in [3.63, 3.8) is 0 Å². The van der Waals surface area contributed by atoms with Crippen LogP contribution in [0.2, 0.25) is 0 Å². The average Bonchev–Trinajstić information content (AvgIpc) is 2.39. The summed E-state index contributed by atoms with van der Waals surface area (Å²) in [4.78, 5) is 3.63. The molecule has 0 spiro atoms. The van der Waals surface area contributed by atoms with Crippen molar-refractivity contribution in [2.24, 2.45) is 0 Å². The summed E-state index contributed by atoms with van der Waals surface area (Å²) in [5.74, 6) is 0.308. The van der Waals surface area contributed by atoms with Gasteiger partial charge in [0, 0.05) is 12.1 Å². The molecule has 1 aliphatic rings. The molecule has 0 amide bonds. The SMILES string of the molecule is CNC1CCC(Nc2cccc(C(F)(F)F)n2)CC1. The monoisotopic (exact) mass is 273 g/mol. The third-order valence-corrected chi connectivity index (χ3v) is 3.53.